The van der Waals surface area contributed by atoms with Gasteiger partial charge in [-0.05, 0) is 24.5 Å². The SMILES string of the molecule is Nc1nc2ccc(F)c(F)c2n1CCC1CCC1. The molecule has 1 fully saturated rings. The number of imidazole rings is 1. The molecule has 0 unspecified atom stereocenters. The van der Waals surface area contributed by atoms with Crippen molar-refractivity contribution in [3.8, 4) is 0 Å². The summed E-state index contributed by atoms with van der Waals surface area (Å²) in [7, 11) is 0. The molecule has 3 nitrogen and oxygen atoms in total. The summed E-state index contributed by atoms with van der Waals surface area (Å²) < 4.78 is 28.6. The van der Waals surface area contributed by atoms with Gasteiger partial charge in [0.15, 0.2) is 11.6 Å². The molecule has 1 heterocycles. The van der Waals surface area contributed by atoms with Gasteiger partial charge in [-0.1, -0.05) is 19.3 Å². The third-order valence-electron chi connectivity index (χ3n) is 3.81. The van der Waals surface area contributed by atoms with Gasteiger partial charge in [0.2, 0.25) is 5.95 Å². The Bertz CT molecular complexity index is 587. The van der Waals surface area contributed by atoms with Crippen LogP contribution in [0.15, 0.2) is 12.1 Å². The number of aryl methyl sites for hydroxylation is 1. The molecule has 0 radical (unpaired) electrons. The van der Waals surface area contributed by atoms with Crippen molar-refractivity contribution in [3.05, 3.63) is 23.8 Å². The summed E-state index contributed by atoms with van der Waals surface area (Å²) in [6, 6.07) is 2.55. The van der Waals surface area contributed by atoms with Crippen LogP contribution in [0.5, 0.6) is 0 Å². The minimum absolute atomic E-state index is 0.187. The highest BCUT2D eigenvalue weighted by Crippen LogP contribution is 2.31. The monoisotopic (exact) mass is 251 g/mol. The average Bonchev–Trinajstić information content (AvgIpc) is 2.60. The highest BCUT2D eigenvalue weighted by Gasteiger charge is 2.20. The standard InChI is InChI=1S/C13H15F2N3/c14-9-4-5-10-12(11(9)15)18(13(16)17-10)7-6-8-2-1-3-8/h4-5,8H,1-3,6-7H2,(H2,16,17). The van der Waals surface area contributed by atoms with E-state index >= 15 is 0 Å². The number of nitrogen functional groups attached to an aromatic ring is 1. The van der Waals surface area contributed by atoms with E-state index in [1.165, 1.54) is 25.3 Å². The van der Waals surface area contributed by atoms with Crippen LogP contribution in [-0.4, -0.2) is 9.55 Å². The van der Waals surface area contributed by atoms with Gasteiger partial charge in [-0.2, -0.15) is 0 Å². The van der Waals surface area contributed by atoms with Crippen LogP contribution in [0.25, 0.3) is 11.0 Å². The summed E-state index contributed by atoms with van der Waals surface area (Å²) in [5.74, 6) is -0.759. The largest absolute Gasteiger partial charge is 0.369 e. The molecule has 1 aliphatic carbocycles. The van der Waals surface area contributed by atoms with Gasteiger partial charge >= 0.3 is 0 Å². The van der Waals surface area contributed by atoms with Gasteiger partial charge in [-0.15, -0.1) is 0 Å². The van der Waals surface area contributed by atoms with Crippen LogP contribution >= 0.6 is 0 Å². The van der Waals surface area contributed by atoms with E-state index in [0.717, 1.165) is 12.5 Å². The first-order chi connectivity index (χ1) is 8.66. The van der Waals surface area contributed by atoms with Crippen molar-refractivity contribution in [3.63, 3.8) is 0 Å². The maximum absolute atomic E-state index is 13.8. The highest BCUT2D eigenvalue weighted by atomic mass is 19.2. The molecule has 1 aromatic heterocycles. The Labute approximate surface area is 104 Å². The molecule has 0 bridgehead atoms. The van der Waals surface area contributed by atoms with E-state index in [1.54, 1.807) is 4.57 Å². The van der Waals surface area contributed by atoms with E-state index in [2.05, 4.69) is 4.98 Å². The molecule has 0 spiro atoms. The van der Waals surface area contributed by atoms with E-state index in [9.17, 15) is 8.78 Å². The Kier molecular flexibility index (Phi) is 2.69. The molecule has 1 aromatic carbocycles. The van der Waals surface area contributed by atoms with Crippen molar-refractivity contribution in [2.24, 2.45) is 5.92 Å². The molecule has 5 heteroatoms. The van der Waals surface area contributed by atoms with Gasteiger partial charge in [-0.25, -0.2) is 13.8 Å². The molecule has 0 atom stereocenters. The van der Waals surface area contributed by atoms with Crippen molar-refractivity contribution < 1.29 is 8.78 Å². The number of halogens is 2. The molecule has 2 aromatic rings. The average molecular weight is 251 g/mol. The maximum Gasteiger partial charge on any atom is 0.201 e. The Morgan fingerprint density at radius 3 is 2.78 bits per heavy atom. The van der Waals surface area contributed by atoms with Crippen LogP contribution in [0.3, 0.4) is 0 Å². The smallest absolute Gasteiger partial charge is 0.201 e. The summed E-state index contributed by atoms with van der Waals surface area (Å²) in [6.07, 6.45) is 4.67. The van der Waals surface area contributed by atoms with Crippen molar-refractivity contribution >= 4 is 17.0 Å². The molecular weight excluding hydrogens is 236 g/mol. The number of nitrogens with two attached hydrogens (primary N) is 1. The van der Waals surface area contributed by atoms with Crippen molar-refractivity contribution in [1.29, 1.82) is 0 Å². The number of anilines is 1. The number of aromatic nitrogens is 2. The van der Waals surface area contributed by atoms with Crippen LogP contribution in [-0.2, 0) is 6.54 Å². The second-order valence-electron chi connectivity index (χ2n) is 4.94. The van der Waals surface area contributed by atoms with Gasteiger partial charge in [0.25, 0.3) is 0 Å². The first kappa shape index (κ1) is 11.4. The molecule has 0 aliphatic heterocycles. The zero-order valence-electron chi connectivity index (χ0n) is 10.00. The van der Waals surface area contributed by atoms with Crippen LogP contribution in [0.1, 0.15) is 25.7 Å². The fourth-order valence-corrected chi connectivity index (χ4v) is 2.49. The zero-order chi connectivity index (χ0) is 12.7. The fraction of sp³-hybridized carbons (Fsp3) is 0.462. The highest BCUT2D eigenvalue weighted by molar-refractivity contribution is 5.79. The Balaban J connectivity index is 1.98. The van der Waals surface area contributed by atoms with Crippen molar-refractivity contribution in [2.75, 3.05) is 5.73 Å². The summed E-state index contributed by atoms with van der Waals surface area (Å²) in [5.41, 5.74) is 6.38. The van der Waals surface area contributed by atoms with Crippen molar-refractivity contribution in [1.82, 2.24) is 9.55 Å². The molecule has 96 valence electrons. The quantitative estimate of drug-likeness (QED) is 0.911. The normalized spacial score (nSPS) is 16.1. The van der Waals surface area contributed by atoms with Crippen LogP contribution in [0, 0.1) is 17.6 Å². The number of nitrogens with zero attached hydrogens (tertiary/aromatic N) is 2. The second-order valence-corrected chi connectivity index (χ2v) is 4.94. The first-order valence-electron chi connectivity index (χ1n) is 6.26. The van der Waals surface area contributed by atoms with Crippen LogP contribution < -0.4 is 5.73 Å². The fourth-order valence-electron chi connectivity index (χ4n) is 2.49. The maximum atomic E-state index is 13.8. The Morgan fingerprint density at radius 1 is 1.33 bits per heavy atom. The molecule has 18 heavy (non-hydrogen) atoms. The van der Waals surface area contributed by atoms with E-state index in [4.69, 9.17) is 5.73 Å². The summed E-state index contributed by atoms with van der Waals surface area (Å²) in [5, 5.41) is 0. The van der Waals surface area contributed by atoms with Gasteiger partial charge in [0.05, 0.1) is 5.52 Å². The molecular formula is C13H15F2N3. The van der Waals surface area contributed by atoms with E-state index in [0.29, 0.717) is 18.0 Å². The van der Waals surface area contributed by atoms with Gasteiger partial charge in [0.1, 0.15) is 5.52 Å². The molecule has 0 saturated heterocycles. The lowest BCUT2D eigenvalue weighted by Crippen LogP contribution is -2.15. The minimum Gasteiger partial charge on any atom is -0.369 e. The lowest BCUT2D eigenvalue weighted by Gasteiger charge is -2.25. The van der Waals surface area contributed by atoms with Crippen molar-refractivity contribution in [2.45, 2.75) is 32.2 Å². The summed E-state index contributed by atoms with van der Waals surface area (Å²) in [6.45, 7) is 0.605. The van der Waals surface area contributed by atoms with Gasteiger partial charge in [0, 0.05) is 6.54 Å². The third kappa shape index (κ3) is 1.74. The summed E-state index contributed by atoms with van der Waals surface area (Å²) in [4.78, 5) is 4.07. The number of hydrogen-bond acceptors (Lipinski definition) is 2. The topological polar surface area (TPSA) is 43.8 Å². The Morgan fingerprint density at radius 2 is 2.11 bits per heavy atom. The second kappa shape index (κ2) is 4.23. The molecule has 1 aliphatic rings. The minimum atomic E-state index is -0.856. The molecule has 0 amide bonds. The van der Waals surface area contributed by atoms with Crippen LogP contribution in [0.4, 0.5) is 14.7 Å². The lowest BCUT2D eigenvalue weighted by atomic mass is 9.83. The first-order valence-corrected chi connectivity index (χ1v) is 6.26. The number of fused-ring (bicyclic) bond motifs is 1. The number of rotatable bonds is 3. The molecule has 3 rings (SSSR count). The summed E-state index contributed by atoms with van der Waals surface area (Å²) >= 11 is 0. The van der Waals surface area contributed by atoms with Gasteiger partial charge < -0.3 is 10.3 Å². The third-order valence-corrected chi connectivity index (χ3v) is 3.81. The zero-order valence-corrected chi connectivity index (χ0v) is 10.00. The lowest BCUT2D eigenvalue weighted by molar-refractivity contribution is 0.283. The number of hydrogen-bond donors (Lipinski definition) is 1. The van der Waals surface area contributed by atoms with Crippen LogP contribution in [0.2, 0.25) is 0 Å². The Hall–Kier alpha value is -1.65. The van der Waals surface area contributed by atoms with E-state index < -0.39 is 11.6 Å². The van der Waals surface area contributed by atoms with E-state index in [1.807, 2.05) is 0 Å². The number of benzene rings is 1. The predicted molar refractivity (Wildman–Crippen MR) is 66.0 cm³/mol. The molecule has 2 N–H and O–H groups in total. The van der Waals surface area contributed by atoms with Gasteiger partial charge in [-0.3, -0.25) is 0 Å². The molecule has 1 saturated carbocycles. The predicted octanol–water partition coefficient (Wildman–Crippen LogP) is 3.09. The van der Waals surface area contributed by atoms with E-state index in [-0.39, 0.29) is 11.5 Å².